The number of likely N-dealkylation sites (N-methyl/N-ethyl adjacent to an activating group) is 1. The summed E-state index contributed by atoms with van der Waals surface area (Å²) >= 11 is 0. The van der Waals surface area contributed by atoms with Crippen molar-refractivity contribution < 1.29 is 9.53 Å². The van der Waals surface area contributed by atoms with E-state index in [2.05, 4.69) is 0 Å². The molecule has 0 aromatic rings. The molecule has 12 heavy (non-hydrogen) atoms. The molecule has 0 atom stereocenters. The van der Waals surface area contributed by atoms with Gasteiger partial charge in [-0.25, -0.2) is 0 Å². The first kappa shape index (κ1) is 11.6. The lowest BCUT2D eigenvalue weighted by Gasteiger charge is -2.14. The monoisotopic (exact) mass is 173 g/mol. The van der Waals surface area contributed by atoms with Crippen LogP contribution in [-0.4, -0.2) is 44.0 Å². The van der Waals surface area contributed by atoms with Crippen molar-refractivity contribution in [2.75, 3.05) is 33.4 Å². The van der Waals surface area contributed by atoms with Crippen molar-refractivity contribution in [1.82, 2.24) is 4.90 Å². The number of ether oxygens (including phenoxy) is 1. The van der Waals surface area contributed by atoms with Crippen LogP contribution in [0.1, 0.15) is 20.3 Å². The Morgan fingerprint density at radius 2 is 2.08 bits per heavy atom. The van der Waals surface area contributed by atoms with Crippen molar-refractivity contribution in [3.8, 4) is 0 Å². The van der Waals surface area contributed by atoms with E-state index in [0.717, 1.165) is 13.2 Å². The van der Waals surface area contributed by atoms with Crippen LogP contribution in [0, 0.1) is 0 Å². The van der Waals surface area contributed by atoms with Gasteiger partial charge in [0.1, 0.15) is 5.78 Å². The van der Waals surface area contributed by atoms with Crippen molar-refractivity contribution >= 4 is 5.78 Å². The van der Waals surface area contributed by atoms with Crippen LogP contribution in [0.25, 0.3) is 0 Å². The third kappa shape index (κ3) is 6.31. The fourth-order valence-electron chi connectivity index (χ4n) is 0.857. The molecule has 0 unspecified atom stereocenters. The van der Waals surface area contributed by atoms with E-state index in [4.69, 9.17) is 4.74 Å². The summed E-state index contributed by atoms with van der Waals surface area (Å²) < 4.78 is 5.17. The van der Waals surface area contributed by atoms with Gasteiger partial charge in [0.05, 0.1) is 13.2 Å². The first-order valence-electron chi connectivity index (χ1n) is 4.48. The highest BCUT2D eigenvalue weighted by Gasteiger charge is 2.02. The van der Waals surface area contributed by atoms with Crippen LogP contribution in [0.5, 0.6) is 0 Å². The van der Waals surface area contributed by atoms with Gasteiger partial charge in [0, 0.05) is 19.6 Å². The minimum Gasteiger partial charge on any atom is -0.380 e. The Hall–Kier alpha value is -0.410. The predicted molar refractivity (Wildman–Crippen MR) is 49.3 cm³/mol. The van der Waals surface area contributed by atoms with Gasteiger partial charge in [0.2, 0.25) is 0 Å². The fourth-order valence-corrected chi connectivity index (χ4v) is 0.857. The number of hydrogen-bond acceptors (Lipinski definition) is 3. The number of carbonyl (C=O) groups is 1. The zero-order valence-electron chi connectivity index (χ0n) is 8.30. The Morgan fingerprint density at radius 3 is 2.58 bits per heavy atom. The maximum atomic E-state index is 11.0. The normalized spacial score (nSPS) is 10.7. The summed E-state index contributed by atoms with van der Waals surface area (Å²) in [7, 11) is 1.94. The molecule has 0 amide bonds. The van der Waals surface area contributed by atoms with Gasteiger partial charge in [-0.15, -0.1) is 0 Å². The van der Waals surface area contributed by atoms with Crippen LogP contribution in [0.4, 0.5) is 0 Å². The lowest BCUT2D eigenvalue weighted by atomic mass is 10.3. The first-order valence-corrected chi connectivity index (χ1v) is 4.48. The lowest BCUT2D eigenvalue weighted by Crippen LogP contribution is -2.28. The van der Waals surface area contributed by atoms with Crippen LogP contribution in [0.3, 0.4) is 0 Å². The predicted octanol–water partition coefficient (Wildman–Crippen LogP) is 0.934. The van der Waals surface area contributed by atoms with Gasteiger partial charge in [0.25, 0.3) is 0 Å². The van der Waals surface area contributed by atoms with Crippen LogP contribution in [-0.2, 0) is 9.53 Å². The van der Waals surface area contributed by atoms with Crippen molar-refractivity contribution in [1.29, 1.82) is 0 Å². The number of rotatable bonds is 7. The summed E-state index contributed by atoms with van der Waals surface area (Å²) in [4.78, 5) is 13.0. The van der Waals surface area contributed by atoms with E-state index in [1.165, 1.54) is 0 Å². The molecular formula is C9H19NO2. The second kappa shape index (κ2) is 7.25. The molecule has 0 aromatic heterocycles. The van der Waals surface area contributed by atoms with E-state index in [0.29, 0.717) is 19.6 Å². The molecule has 0 saturated heterocycles. The Balaban J connectivity index is 3.32. The van der Waals surface area contributed by atoms with Gasteiger partial charge >= 0.3 is 0 Å². The highest BCUT2D eigenvalue weighted by Crippen LogP contribution is 1.87. The molecule has 0 heterocycles. The minimum atomic E-state index is 0.286. The summed E-state index contributed by atoms with van der Waals surface area (Å²) in [5.41, 5.74) is 0. The number of hydrogen-bond donors (Lipinski definition) is 0. The van der Waals surface area contributed by atoms with E-state index < -0.39 is 0 Å². The molecule has 0 aliphatic carbocycles. The molecule has 0 rings (SSSR count). The van der Waals surface area contributed by atoms with E-state index in [1.54, 1.807) is 0 Å². The molecule has 0 aromatic carbocycles. The summed E-state index contributed by atoms with van der Waals surface area (Å²) in [6.45, 7) is 6.69. The fraction of sp³-hybridized carbons (Fsp3) is 0.889. The van der Waals surface area contributed by atoms with Crippen LogP contribution in [0.15, 0.2) is 0 Å². The summed E-state index contributed by atoms with van der Waals surface area (Å²) in [6.07, 6.45) is 0.624. The molecule has 0 spiro atoms. The van der Waals surface area contributed by atoms with Gasteiger partial charge in [-0.1, -0.05) is 6.92 Å². The van der Waals surface area contributed by atoms with E-state index in [9.17, 15) is 4.79 Å². The molecule has 0 bridgehead atoms. The van der Waals surface area contributed by atoms with Gasteiger partial charge in [-0.05, 0) is 14.0 Å². The highest BCUT2D eigenvalue weighted by atomic mass is 16.5. The minimum absolute atomic E-state index is 0.286. The highest BCUT2D eigenvalue weighted by molar-refractivity contribution is 5.80. The zero-order valence-corrected chi connectivity index (χ0v) is 8.30. The quantitative estimate of drug-likeness (QED) is 0.536. The van der Waals surface area contributed by atoms with Crippen LogP contribution in [0.2, 0.25) is 0 Å². The Bertz CT molecular complexity index is 126. The largest absolute Gasteiger partial charge is 0.380 e. The zero-order chi connectivity index (χ0) is 9.40. The average molecular weight is 173 g/mol. The van der Waals surface area contributed by atoms with Crippen molar-refractivity contribution in [3.05, 3.63) is 0 Å². The number of ketones is 1. The standard InChI is InChI=1S/C9H19NO2/c1-4-9(11)8-10(3)6-7-12-5-2/h4-8H2,1-3H3. The molecule has 0 aliphatic rings. The number of nitrogens with zero attached hydrogens (tertiary/aromatic N) is 1. The molecule has 3 heteroatoms. The average Bonchev–Trinajstić information content (AvgIpc) is 2.05. The third-order valence-corrected chi connectivity index (χ3v) is 1.66. The Kier molecular flexibility index (Phi) is 7.00. The molecule has 0 saturated carbocycles. The van der Waals surface area contributed by atoms with E-state index >= 15 is 0 Å². The second-order valence-corrected chi connectivity index (χ2v) is 2.83. The second-order valence-electron chi connectivity index (χ2n) is 2.83. The topological polar surface area (TPSA) is 29.5 Å². The SMILES string of the molecule is CCOCCN(C)CC(=O)CC. The van der Waals surface area contributed by atoms with Crippen LogP contribution < -0.4 is 0 Å². The van der Waals surface area contributed by atoms with Gasteiger partial charge in [-0.3, -0.25) is 9.69 Å². The van der Waals surface area contributed by atoms with Gasteiger partial charge in [0.15, 0.2) is 0 Å². The van der Waals surface area contributed by atoms with Crippen molar-refractivity contribution in [3.63, 3.8) is 0 Å². The summed E-state index contributed by atoms with van der Waals surface area (Å²) in [5, 5.41) is 0. The van der Waals surface area contributed by atoms with Gasteiger partial charge in [-0.2, -0.15) is 0 Å². The van der Waals surface area contributed by atoms with E-state index in [-0.39, 0.29) is 5.78 Å². The molecule has 0 radical (unpaired) electrons. The third-order valence-electron chi connectivity index (χ3n) is 1.66. The summed E-state index contributed by atoms with van der Waals surface area (Å²) in [6, 6.07) is 0. The van der Waals surface area contributed by atoms with Crippen LogP contribution >= 0.6 is 0 Å². The van der Waals surface area contributed by atoms with Crippen molar-refractivity contribution in [2.24, 2.45) is 0 Å². The molecule has 0 fully saturated rings. The Morgan fingerprint density at radius 1 is 1.42 bits per heavy atom. The number of Topliss-reactive ketones (excluding diaryl/α,β-unsaturated/α-hetero) is 1. The maximum absolute atomic E-state index is 11.0. The molecule has 3 nitrogen and oxygen atoms in total. The molecule has 72 valence electrons. The van der Waals surface area contributed by atoms with Crippen molar-refractivity contribution in [2.45, 2.75) is 20.3 Å². The number of carbonyl (C=O) groups excluding carboxylic acids is 1. The summed E-state index contributed by atoms with van der Waals surface area (Å²) in [5.74, 6) is 0.286. The lowest BCUT2D eigenvalue weighted by molar-refractivity contribution is -0.119. The molecule has 0 aliphatic heterocycles. The Labute approximate surface area is 74.7 Å². The molecule has 0 N–H and O–H groups in total. The first-order chi connectivity index (χ1) is 5.70. The molecular weight excluding hydrogens is 154 g/mol. The van der Waals surface area contributed by atoms with E-state index in [1.807, 2.05) is 25.8 Å². The van der Waals surface area contributed by atoms with Gasteiger partial charge < -0.3 is 4.74 Å². The smallest absolute Gasteiger partial charge is 0.146 e. The maximum Gasteiger partial charge on any atom is 0.146 e.